The van der Waals surface area contributed by atoms with Gasteiger partial charge in [0.1, 0.15) is 11.5 Å². The molecule has 0 aliphatic heterocycles. The van der Waals surface area contributed by atoms with E-state index in [4.69, 9.17) is 32.7 Å². The number of nitrogens with zero attached hydrogens (tertiary/aromatic N) is 2. The number of carbonyl (C=O) groups is 1. The van der Waals surface area contributed by atoms with Gasteiger partial charge in [0.2, 0.25) is 10.0 Å². The van der Waals surface area contributed by atoms with Crippen LogP contribution in [-0.4, -0.2) is 45.6 Å². The lowest BCUT2D eigenvalue weighted by Gasteiger charge is -2.22. The number of nitrogens with one attached hydrogen (secondary N) is 1. The van der Waals surface area contributed by atoms with Crippen molar-refractivity contribution in [1.29, 1.82) is 0 Å². The molecule has 0 saturated heterocycles. The number of hydrogen-bond acceptors (Lipinski definition) is 6. The second-order valence-corrected chi connectivity index (χ2v) is 11.1. The third-order valence-corrected chi connectivity index (χ3v) is 7.89. The number of halogens is 3. The predicted molar refractivity (Wildman–Crippen MR) is 143 cm³/mol. The minimum Gasteiger partial charge on any atom is -0.497 e. The van der Waals surface area contributed by atoms with Crippen molar-refractivity contribution >= 4 is 61.3 Å². The first-order valence-corrected chi connectivity index (χ1v) is 13.4. The lowest BCUT2D eigenvalue weighted by molar-refractivity contribution is -0.121. The van der Waals surface area contributed by atoms with Crippen molar-refractivity contribution in [2.24, 2.45) is 5.10 Å². The van der Waals surface area contributed by atoms with Crippen LogP contribution in [0.1, 0.15) is 11.1 Å². The van der Waals surface area contributed by atoms with Crippen LogP contribution in [0.2, 0.25) is 10.0 Å². The van der Waals surface area contributed by atoms with E-state index in [0.717, 1.165) is 8.78 Å². The summed E-state index contributed by atoms with van der Waals surface area (Å²) in [7, 11) is -1.03. The van der Waals surface area contributed by atoms with E-state index in [-0.39, 0.29) is 16.5 Å². The highest BCUT2D eigenvalue weighted by atomic mass is 79.9. The number of carbonyl (C=O) groups excluding carboxylic acids is 1. The van der Waals surface area contributed by atoms with Gasteiger partial charge in [-0.25, -0.2) is 13.8 Å². The van der Waals surface area contributed by atoms with Crippen molar-refractivity contribution < 1.29 is 22.7 Å². The van der Waals surface area contributed by atoms with Crippen LogP contribution in [0, 0.1) is 0 Å². The van der Waals surface area contributed by atoms with Gasteiger partial charge in [-0.15, -0.1) is 0 Å². The van der Waals surface area contributed by atoms with E-state index < -0.39 is 22.5 Å². The lowest BCUT2D eigenvalue weighted by atomic mass is 10.2. The van der Waals surface area contributed by atoms with Crippen molar-refractivity contribution in [3.8, 4) is 11.5 Å². The Labute approximate surface area is 228 Å². The van der Waals surface area contributed by atoms with E-state index in [1.54, 1.807) is 42.5 Å². The number of methoxy groups -OCH3 is 2. The minimum atomic E-state index is -4.06. The van der Waals surface area contributed by atoms with E-state index in [2.05, 4.69) is 26.5 Å². The molecule has 0 saturated carbocycles. The standard InChI is InChI=1S/C24H22BrCl2N3O5S/c1-34-20-8-4-16(23(12-20)35-2)13-28-29-24(31)15-30(14-17-3-7-19(26)11-22(17)27)36(32,33)21-9-5-18(25)6-10-21/h3-13H,14-15H2,1-2H3,(H,29,31)/b28-13+. The van der Waals surface area contributed by atoms with Gasteiger partial charge in [0.15, 0.2) is 0 Å². The number of sulfonamides is 1. The van der Waals surface area contributed by atoms with E-state index in [0.29, 0.717) is 27.6 Å². The minimum absolute atomic E-state index is 0.0232. The van der Waals surface area contributed by atoms with Gasteiger partial charge in [-0.2, -0.15) is 9.41 Å². The molecule has 0 bridgehead atoms. The van der Waals surface area contributed by atoms with Crippen LogP contribution in [-0.2, 0) is 21.4 Å². The van der Waals surface area contributed by atoms with E-state index >= 15 is 0 Å². The lowest BCUT2D eigenvalue weighted by Crippen LogP contribution is -2.39. The fraction of sp³-hybridized carbons (Fsp3) is 0.167. The first kappa shape index (κ1) is 27.9. The van der Waals surface area contributed by atoms with Gasteiger partial charge in [-0.3, -0.25) is 4.79 Å². The summed E-state index contributed by atoms with van der Waals surface area (Å²) in [6.07, 6.45) is 1.39. The molecule has 1 amide bonds. The quantitative estimate of drug-likeness (QED) is 0.253. The Morgan fingerprint density at radius 2 is 1.78 bits per heavy atom. The Kier molecular flexibility index (Phi) is 9.75. The molecule has 0 spiro atoms. The Balaban J connectivity index is 1.82. The number of amides is 1. The van der Waals surface area contributed by atoms with Crippen LogP contribution in [0.4, 0.5) is 0 Å². The fourth-order valence-electron chi connectivity index (χ4n) is 3.12. The molecule has 3 aromatic carbocycles. The molecule has 0 aromatic heterocycles. The van der Waals surface area contributed by atoms with Gasteiger partial charge in [0.25, 0.3) is 5.91 Å². The summed E-state index contributed by atoms with van der Waals surface area (Å²) < 4.78 is 39.0. The summed E-state index contributed by atoms with van der Waals surface area (Å²) >= 11 is 15.5. The Morgan fingerprint density at radius 1 is 1.06 bits per heavy atom. The van der Waals surface area contributed by atoms with Crippen molar-refractivity contribution in [3.05, 3.63) is 86.3 Å². The molecule has 3 aromatic rings. The fourth-order valence-corrected chi connectivity index (χ4v) is 5.22. The molecule has 190 valence electrons. The topological polar surface area (TPSA) is 97.3 Å². The maximum absolute atomic E-state index is 13.4. The van der Waals surface area contributed by atoms with Crippen LogP contribution >= 0.6 is 39.1 Å². The van der Waals surface area contributed by atoms with Crippen LogP contribution in [0.5, 0.6) is 11.5 Å². The van der Waals surface area contributed by atoms with E-state index in [1.165, 1.54) is 38.6 Å². The normalized spacial score (nSPS) is 11.6. The zero-order valence-electron chi connectivity index (χ0n) is 19.2. The summed E-state index contributed by atoms with van der Waals surface area (Å²) in [5.41, 5.74) is 3.44. The number of ether oxygens (including phenoxy) is 2. The van der Waals surface area contributed by atoms with Crippen LogP contribution < -0.4 is 14.9 Å². The Bertz CT molecular complexity index is 1370. The molecule has 0 aliphatic carbocycles. The zero-order valence-corrected chi connectivity index (χ0v) is 23.2. The average molecular weight is 615 g/mol. The first-order valence-electron chi connectivity index (χ1n) is 10.4. The van der Waals surface area contributed by atoms with Crippen molar-refractivity contribution in [1.82, 2.24) is 9.73 Å². The molecule has 3 rings (SSSR count). The maximum atomic E-state index is 13.4. The average Bonchev–Trinajstić information content (AvgIpc) is 2.85. The zero-order chi connectivity index (χ0) is 26.3. The summed E-state index contributed by atoms with van der Waals surface area (Å²) in [4.78, 5) is 12.7. The molecule has 12 heteroatoms. The summed E-state index contributed by atoms with van der Waals surface area (Å²) in [6.45, 7) is -0.660. The van der Waals surface area contributed by atoms with Crippen molar-refractivity contribution in [2.45, 2.75) is 11.4 Å². The molecule has 0 aliphatic rings. The molecule has 0 radical (unpaired) electrons. The molecule has 0 atom stereocenters. The summed E-state index contributed by atoms with van der Waals surface area (Å²) in [6, 6.07) is 15.9. The number of hydrogen-bond donors (Lipinski definition) is 1. The largest absolute Gasteiger partial charge is 0.497 e. The van der Waals surface area contributed by atoms with Crippen LogP contribution in [0.25, 0.3) is 0 Å². The van der Waals surface area contributed by atoms with Crippen molar-refractivity contribution in [3.63, 3.8) is 0 Å². The molecule has 36 heavy (non-hydrogen) atoms. The molecular weight excluding hydrogens is 593 g/mol. The first-order chi connectivity index (χ1) is 17.1. The third kappa shape index (κ3) is 7.21. The number of benzene rings is 3. The second-order valence-electron chi connectivity index (χ2n) is 7.36. The Morgan fingerprint density at radius 3 is 2.42 bits per heavy atom. The van der Waals surface area contributed by atoms with Gasteiger partial charge in [0.05, 0.1) is 31.9 Å². The van der Waals surface area contributed by atoms with E-state index in [1.807, 2.05) is 0 Å². The monoisotopic (exact) mass is 613 g/mol. The van der Waals surface area contributed by atoms with Crippen LogP contribution in [0.15, 0.2) is 75.1 Å². The Hall–Kier alpha value is -2.63. The predicted octanol–water partition coefficient (Wildman–Crippen LogP) is 5.11. The molecule has 8 nitrogen and oxygen atoms in total. The smallest absolute Gasteiger partial charge is 0.255 e. The molecular formula is C24H22BrCl2N3O5S. The van der Waals surface area contributed by atoms with Gasteiger partial charge >= 0.3 is 0 Å². The van der Waals surface area contributed by atoms with E-state index in [9.17, 15) is 13.2 Å². The molecule has 0 heterocycles. The molecule has 0 unspecified atom stereocenters. The number of rotatable bonds is 10. The maximum Gasteiger partial charge on any atom is 0.255 e. The molecule has 1 N–H and O–H groups in total. The summed E-state index contributed by atoms with van der Waals surface area (Å²) in [5, 5.41) is 4.64. The van der Waals surface area contributed by atoms with Gasteiger partial charge in [0, 0.05) is 32.7 Å². The number of hydrazone groups is 1. The highest BCUT2D eigenvalue weighted by Crippen LogP contribution is 2.26. The van der Waals surface area contributed by atoms with Gasteiger partial charge < -0.3 is 9.47 Å². The highest BCUT2D eigenvalue weighted by Gasteiger charge is 2.27. The van der Waals surface area contributed by atoms with Gasteiger partial charge in [-0.05, 0) is 54.1 Å². The second kappa shape index (κ2) is 12.6. The highest BCUT2D eigenvalue weighted by molar-refractivity contribution is 9.10. The van der Waals surface area contributed by atoms with Crippen LogP contribution in [0.3, 0.4) is 0 Å². The molecule has 0 fully saturated rings. The van der Waals surface area contributed by atoms with Gasteiger partial charge in [-0.1, -0.05) is 45.2 Å². The van der Waals surface area contributed by atoms with Crippen molar-refractivity contribution in [2.75, 3.05) is 20.8 Å². The summed E-state index contributed by atoms with van der Waals surface area (Å²) in [5.74, 6) is 0.441. The third-order valence-electron chi connectivity index (χ3n) is 4.97. The SMILES string of the molecule is COc1ccc(/C=N/NC(=O)CN(Cc2ccc(Cl)cc2Cl)S(=O)(=O)c2ccc(Br)cc2)c(OC)c1.